The first-order valence-corrected chi connectivity index (χ1v) is 6.09. The van der Waals surface area contributed by atoms with Crippen LogP contribution in [-0.2, 0) is 17.6 Å². The third-order valence-electron chi connectivity index (χ3n) is 2.76. The number of hydrogen-bond donors (Lipinski definition) is 1. The lowest BCUT2D eigenvalue weighted by Crippen LogP contribution is -2.38. The number of rotatable bonds is 2. The molecule has 0 aliphatic heterocycles. The van der Waals surface area contributed by atoms with Crippen molar-refractivity contribution in [2.24, 2.45) is 0 Å². The SMILES string of the molecule is CC(Br)C(=O)NC1Cc2ccccc2C1. The van der Waals surface area contributed by atoms with Crippen LogP contribution in [0.5, 0.6) is 0 Å². The van der Waals surface area contributed by atoms with Gasteiger partial charge in [0.15, 0.2) is 0 Å². The second kappa shape index (κ2) is 4.35. The molecule has 1 unspecified atom stereocenters. The number of carbonyl (C=O) groups excluding carboxylic acids is 1. The molecule has 0 fully saturated rings. The third kappa shape index (κ3) is 2.40. The summed E-state index contributed by atoms with van der Waals surface area (Å²) < 4.78 is 0. The molecule has 80 valence electrons. The molecule has 2 rings (SSSR count). The smallest absolute Gasteiger partial charge is 0.233 e. The van der Waals surface area contributed by atoms with E-state index in [0.29, 0.717) is 0 Å². The van der Waals surface area contributed by atoms with E-state index in [1.165, 1.54) is 11.1 Å². The topological polar surface area (TPSA) is 29.1 Å². The van der Waals surface area contributed by atoms with Gasteiger partial charge in [0.25, 0.3) is 0 Å². The van der Waals surface area contributed by atoms with Crippen LogP contribution in [0.3, 0.4) is 0 Å². The quantitative estimate of drug-likeness (QED) is 0.817. The van der Waals surface area contributed by atoms with Crippen molar-refractivity contribution < 1.29 is 4.79 Å². The van der Waals surface area contributed by atoms with Gasteiger partial charge in [0, 0.05) is 6.04 Å². The number of carbonyl (C=O) groups is 1. The van der Waals surface area contributed by atoms with Gasteiger partial charge in [-0.15, -0.1) is 0 Å². The zero-order valence-electron chi connectivity index (χ0n) is 8.66. The molecule has 0 saturated carbocycles. The Labute approximate surface area is 98.2 Å². The number of nitrogens with one attached hydrogen (secondary N) is 1. The number of benzene rings is 1. The molecule has 0 aromatic heterocycles. The summed E-state index contributed by atoms with van der Waals surface area (Å²) in [6, 6.07) is 8.65. The van der Waals surface area contributed by atoms with E-state index in [1.54, 1.807) is 0 Å². The Bertz CT molecular complexity index is 351. The number of halogens is 1. The Morgan fingerprint density at radius 2 is 1.93 bits per heavy atom. The second-order valence-corrected chi connectivity index (χ2v) is 5.37. The average Bonchev–Trinajstić information content (AvgIpc) is 2.59. The van der Waals surface area contributed by atoms with Gasteiger partial charge in [-0.3, -0.25) is 4.79 Å². The number of hydrogen-bond acceptors (Lipinski definition) is 1. The molecule has 3 heteroatoms. The van der Waals surface area contributed by atoms with E-state index >= 15 is 0 Å². The van der Waals surface area contributed by atoms with Gasteiger partial charge >= 0.3 is 0 Å². The van der Waals surface area contributed by atoms with Crippen molar-refractivity contribution in [3.8, 4) is 0 Å². The summed E-state index contributed by atoms with van der Waals surface area (Å²) in [7, 11) is 0. The summed E-state index contributed by atoms with van der Waals surface area (Å²) >= 11 is 3.27. The molecule has 0 bridgehead atoms. The minimum atomic E-state index is -0.110. The van der Waals surface area contributed by atoms with E-state index in [0.717, 1.165) is 12.8 Å². The van der Waals surface area contributed by atoms with E-state index in [4.69, 9.17) is 0 Å². The first-order valence-electron chi connectivity index (χ1n) is 5.18. The van der Waals surface area contributed by atoms with E-state index in [-0.39, 0.29) is 16.8 Å². The fourth-order valence-electron chi connectivity index (χ4n) is 1.98. The second-order valence-electron chi connectivity index (χ2n) is 4.00. The maximum absolute atomic E-state index is 11.5. The maximum Gasteiger partial charge on any atom is 0.233 e. The van der Waals surface area contributed by atoms with Gasteiger partial charge in [-0.05, 0) is 30.9 Å². The zero-order valence-corrected chi connectivity index (χ0v) is 10.3. The molecular formula is C12H14BrNO. The van der Waals surface area contributed by atoms with Crippen LogP contribution >= 0.6 is 15.9 Å². The summed E-state index contributed by atoms with van der Waals surface area (Å²) in [5, 5.41) is 3.04. The molecule has 0 spiro atoms. The van der Waals surface area contributed by atoms with Crippen molar-refractivity contribution in [1.29, 1.82) is 0 Å². The molecule has 1 aliphatic rings. The van der Waals surface area contributed by atoms with Crippen molar-refractivity contribution >= 4 is 21.8 Å². The largest absolute Gasteiger partial charge is 0.352 e. The third-order valence-corrected chi connectivity index (χ3v) is 3.17. The fourth-order valence-corrected chi connectivity index (χ4v) is 2.11. The van der Waals surface area contributed by atoms with E-state index in [1.807, 2.05) is 6.92 Å². The average molecular weight is 268 g/mol. The van der Waals surface area contributed by atoms with Crippen molar-refractivity contribution in [3.63, 3.8) is 0 Å². The van der Waals surface area contributed by atoms with Crippen LogP contribution in [0, 0.1) is 0 Å². The Balaban J connectivity index is 1.99. The van der Waals surface area contributed by atoms with Gasteiger partial charge in [0.1, 0.15) is 0 Å². The molecule has 15 heavy (non-hydrogen) atoms. The number of fused-ring (bicyclic) bond motifs is 1. The van der Waals surface area contributed by atoms with Crippen LogP contribution in [0.1, 0.15) is 18.1 Å². The maximum atomic E-state index is 11.5. The first kappa shape index (κ1) is 10.7. The summed E-state index contributed by atoms with van der Waals surface area (Å²) in [6.07, 6.45) is 1.92. The van der Waals surface area contributed by atoms with E-state index < -0.39 is 0 Å². The highest BCUT2D eigenvalue weighted by Gasteiger charge is 2.23. The van der Waals surface area contributed by atoms with Crippen LogP contribution in [0.4, 0.5) is 0 Å². The first-order chi connectivity index (χ1) is 7.16. The minimum Gasteiger partial charge on any atom is -0.352 e. The van der Waals surface area contributed by atoms with Gasteiger partial charge in [0.2, 0.25) is 5.91 Å². The highest BCUT2D eigenvalue weighted by molar-refractivity contribution is 9.10. The van der Waals surface area contributed by atoms with Crippen molar-refractivity contribution in [1.82, 2.24) is 5.32 Å². The lowest BCUT2D eigenvalue weighted by Gasteiger charge is -2.12. The molecule has 1 amide bonds. The summed E-state index contributed by atoms with van der Waals surface area (Å²) in [6.45, 7) is 1.84. The summed E-state index contributed by atoms with van der Waals surface area (Å²) in [5.74, 6) is 0.0767. The molecule has 0 saturated heterocycles. The highest BCUT2D eigenvalue weighted by Crippen LogP contribution is 2.21. The highest BCUT2D eigenvalue weighted by atomic mass is 79.9. The van der Waals surface area contributed by atoms with Crippen molar-refractivity contribution in [2.75, 3.05) is 0 Å². The normalized spacial score (nSPS) is 17.2. The Hall–Kier alpha value is -0.830. The Morgan fingerprint density at radius 1 is 1.40 bits per heavy atom. The van der Waals surface area contributed by atoms with Crippen LogP contribution in [-0.4, -0.2) is 16.8 Å². The molecule has 1 aromatic carbocycles. The molecule has 0 radical (unpaired) electrons. The summed E-state index contributed by atoms with van der Waals surface area (Å²) in [5.41, 5.74) is 2.73. The zero-order chi connectivity index (χ0) is 10.8. The predicted molar refractivity (Wildman–Crippen MR) is 64.2 cm³/mol. The van der Waals surface area contributed by atoms with Crippen LogP contribution in [0.2, 0.25) is 0 Å². The Kier molecular flexibility index (Phi) is 3.10. The predicted octanol–water partition coefficient (Wildman–Crippen LogP) is 2.05. The molecule has 1 atom stereocenters. The monoisotopic (exact) mass is 267 g/mol. The van der Waals surface area contributed by atoms with Crippen LogP contribution < -0.4 is 5.32 Å². The van der Waals surface area contributed by atoms with E-state index in [9.17, 15) is 4.79 Å². The molecule has 1 aliphatic carbocycles. The molecule has 0 heterocycles. The van der Waals surface area contributed by atoms with Crippen molar-refractivity contribution in [2.45, 2.75) is 30.6 Å². The summed E-state index contributed by atoms with van der Waals surface area (Å²) in [4.78, 5) is 11.4. The van der Waals surface area contributed by atoms with Gasteiger partial charge < -0.3 is 5.32 Å². The van der Waals surface area contributed by atoms with Gasteiger partial charge in [-0.25, -0.2) is 0 Å². The minimum absolute atomic E-state index is 0.0767. The molecule has 1 N–H and O–H groups in total. The lowest BCUT2D eigenvalue weighted by molar-refractivity contribution is -0.120. The lowest BCUT2D eigenvalue weighted by atomic mass is 10.1. The van der Waals surface area contributed by atoms with Crippen molar-refractivity contribution in [3.05, 3.63) is 35.4 Å². The number of amides is 1. The standard InChI is InChI=1S/C12H14BrNO/c1-8(13)12(15)14-11-6-9-4-2-3-5-10(9)7-11/h2-5,8,11H,6-7H2,1H3,(H,14,15). The van der Waals surface area contributed by atoms with Gasteiger partial charge in [-0.1, -0.05) is 40.2 Å². The van der Waals surface area contributed by atoms with Gasteiger partial charge in [0.05, 0.1) is 4.83 Å². The number of alkyl halides is 1. The molecule has 1 aromatic rings. The van der Waals surface area contributed by atoms with Crippen LogP contribution in [0.15, 0.2) is 24.3 Å². The molecule has 2 nitrogen and oxygen atoms in total. The van der Waals surface area contributed by atoms with Gasteiger partial charge in [-0.2, -0.15) is 0 Å². The fraction of sp³-hybridized carbons (Fsp3) is 0.417. The Morgan fingerprint density at radius 3 is 2.40 bits per heavy atom. The van der Waals surface area contributed by atoms with E-state index in [2.05, 4.69) is 45.5 Å². The van der Waals surface area contributed by atoms with Crippen LogP contribution in [0.25, 0.3) is 0 Å². The molecular weight excluding hydrogens is 254 g/mol.